The minimum atomic E-state index is -1.21. The summed E-state index contributed by atoms with van der Waals surface area (Å²) in [6.45, 7) is 8.80. The lowest BCUT2D eigenvalue weighted by Gasteiger charge is -2.35. The first-order chi connectivity index (χ1) is 20.8. The Bertz CT molecular complexity index is 1350. The van der Waals surface area contributed by atoms with Gasteiger partial charge in [-0.15, -0.1) is 0 Å². The number of halogens is 1. The molecule has 1 heterocycles. The third-order valence-electron chi connectivity index (χ3n) is 7.14. The molecule has 1 saturated heterocycles. The van der Waals surface area contributed by atoms with E-state index in [9.17, 15) is 24.3 Å². The summed E-state index contributed by atoms with van der Waals surface area (Å²) < 4.78 is 15.9. The fourth-order valence-corrected chi connectivity index (χ4v) is 5.28. The van der Waals surface area contributed by atoms with E-state index in [1.165, 1.54) is 19.1 Å². The Balaban J connectivity index is 1.85. The van der Waals surface area contributed by atoms with Crippen molar-refractivity contribution in [2.24, 2.45) is 5.41 Å². The van der Waals surface area contributed by atoms with Crippen LogP contribution in [0.1, 0.15) is 57.8 Å². The maximum atomic E-state index is 13.9. The number of esters is 1. The Hall–Kier alpha value is -3.83. The van der Waals surface area contributed by atoms with Gasteiger partial charge in [0.25, 0.3) is 0 Å². The van der Waals surface area contributed by atoms with Gasteiger partial charge in [0, 0.05) is 67.8 Å². The van der Waals surface area contributed by atoms with E-state index in [2.05, 4.69) is 0 Å². The number of aliphatic hydroxyl groups excluding tert-OH is 1. The van der Waals surface area contributed by atoms with Crippen molar-refractivity contribution in [1.82, 2.24) is 9.80 Å². The Morgan fingerprint density at radius 3 is 2.14 bits per heavy atom. The topological polar surface area (TPSA) is 126 Å². The van der Waals surface area contributed by atoms with Crippen molar-refractivity contribution < 1.29 is 38.5 Å². The van der Waals surface area contributed by atoms with Crippen molar-refractivity contribution in [2.45, 2.75) is 46.6 Å². The first-order valence-corrected chi connectivity index (χ1v) is 14.9. The maximum absolute atomic E-state index is 13.9. The number of aliphatic hydroxyl groups is 1. The van der Waals surface area contributed by atoms with E-state index >= 15 is 0 Å². The van der Waals surface area contributed by atoms with E-state index in [-0.39, 0.29) is 69.4 Å². The molecule has 0 radical (unpaired) electrons. The smallest absolute Gasteiger partial charge is 0.397 e. The van der Waals surface area contributed by atoms with Crippen LogP contribution in [0, 0.1) is 5.41 Å². The predicted molar refractivity (Wildman–Crippen MR) is 166 cm³/mol. The van der Waals surface area contributed by atoms with Gasteiger partial charge >= 0.3 is 11.9 Å². The van der Waals surface area contributed by atoms with Crippen LogP contribution in [-0.2, 0) is 23.9 Å². The highest BCUT2D eigenvalue weighted by molar-refractivity contribution is 6.32. The van der Waals surface area contributed by atoms with E-state index in [0.717, 1.165) is 0 Å². The number of ether oxygens (including phenoxy) is 3. The van der Waals surface area contributed by atoms with Crippen LogP contribution in [0.5, 0.6) is 11.5 Å². The molecule has 1 N–H and O–H groups in total. The zero-order valence-corrected chi connectivity index (χ0v) is 27.0. The van der Waals surface area contributed by atoms with Gasteiger partial charge < -0.3 is 34.0 Å². The molecule has 0 aromatic heterocycles. The first kappa shape index (κ1) is 34.7. The van der Waals surface area contributed by atoms with Gasteiger partial charge in [-0.2, -0.15) is 0 Å². The lowest BCUT2D eigenvalue weighted by molar-refractivity contribution is -0.161. The maximum Gasteiger partial charge on any atom is 0.397 e. The lowest BCUT2D eigenvalue weighted by Crippen LogP contribution is -2.52. The highest BCUT2D eigenvalue weighted by Crippen LogP contribution is 2.43. The lowest BCUT2D eigenvalue weighted by atomic mass is 9.93. The van der Waals surface area contributed by atoms with Gasteiger partial charge in [-0.1, -0.05) is 50.6 Å². The van der Waals surface area contributed by atoms with Crippen molar-refractivity contribution in [3.8, 4) is 11.5 Å². The van der Waals surface area contributed by atoms with E-state index in [0.29, 0.717) is 33.3 Å². The van der Waals surface area contributed by atoms with Crippen LogP contribution in [0.15, 0.2) is 36.4 Å². The molecule has 12 heteroatoms. The number of methoxy groups -OCH3 is 2. The van der Waals surface area contributed by atoms with Gasteiger partial charge in [-0.05, 0) is 24.5 Å². The van der Waals surface area contributed by atoms with E-state index in [4.69, 9.17) is 25.8 Å². The number of amides is 3. The van der Waals surface area contributed by atoms with Gasteiger partial charge in [0.1, 0.15) is 17.6 Å². The average Bonchev–Trinajstić information content (AvgIpc) is 3.00. The second-order valence-electron chi connectivity index (χ2n) is 11.6. The van der Waals surface area contributed by atoms with E-state index in [1.807, 2.05) is 20.8 Å². The molecule has 1 atom stereocenters. The summed E-state index contributed by atoms with van der Waals surface area (Å²) in [5.74, 6) is -1.45. The number of rotatable bonds is 10. The molecule has 0 saturated carbocycles. The molecule has 0 unspecified atom stereocenters. The first-order valence-electron chi connectivity index (χ1n) is 14.5. The molecule has 0 spiro atoms. The monoisotopic (exact) mass is 631 g/mol. The van der Waals surface area contributed by atoms with Gasteiger partial charge in [-0.25, -0.2) is 4.79 Å². The number of hydrogen-bond donors (Lipinski definition) is 1. The number of anilines is 1. The molecular weight excluding hydrogens is 590 g/mol. The molecule has 3 rings (SSSR count). The number of piperazine rings is 1. The minimum absolute atomic E-state index is 0.0639. The fourth-order valence-electron chi connectivity index (χ4n) is 5.06. The molecule has 44 heavy (non-hydrogen) atoms. The van der Waals surface area contributed by atoms with Crippen molar-refractivity contribution >= 4 is 41.0 Å². The minimum Gasteiger partial charge on any atom is -0.496 e. The number of carbonyl (C=O) groups excluding carboxylic acids is 4. The highest BCUT2D eigenvalue weighted by atomic mass is 35.5. The second-order valence-corrected chi connectivity index (χ2v) is 12.1. The van der Waals surface area contributed by atoms with Crippen LogP contribution >= 0.6 is 11.6 Å². The van der Waals surface area contributed by atoms with Gasteiger partial charge in [-0.3, -0.25) is 14.4 Å². The van der Waals surface area contributed by atoms with Crippen LogP contribution in [-0.4, -0.2) is 92.1 Å². The fraction of sp³-hybridized carbons (Fsp3) is 0.500. The summed E-state index contributed by atoms with van der Waals surface area (Å²) in [7, 11) is 2.97. The summed E-state index contributed by atoms with van der Waals surface area (Å²) in [6.07, 6.45) is -1.38. The van der Waals surface area contributed by atoms with Crippen LogP contribution in [0.2, 0.25) is 5.02 Å². The van der Waals surface area contributed by atoms with E-state index in [1.54, 1.807) is 53.1 Å². The van der Waals surface area contributed by atoms with Crippen LogP contribution in [0.3, 0.4) is 0 Å². The second kappa shape index (κ2) is 15.3. The third kappa shape index (κ3) is 8.63. The molecule has 0 aliphatic carbocycles. The van der Waals surface area contributed by atoms with Gasteiger partial charge in [0.05, 0.1) is 26.5 Å². The van der Waals surface area contributed by atoms with Crippen LogP contribution < -0.4 is 14.4 Å². The molecule has 11 nitrogen and oxygen atoms in total. The molecule has 2 aromatic rings. The molecule has 3 amide bonds. The molecule has 2 aromatic carbocycles. The molecule has 1 aliphatic heterocycles. The molecule has 240 valence electrons. The van der Waals surface area contributed by atoms with Gasteiger partial charge in [0.2, 0.25) is 11.8 Å². The third-order valence-corrected chi connectivity index (χ3v) is 7.36. The Morgan fingerprint density at radius 1 is 0.932 bits per heavy atom. The quantitative estimate of drug-likeness (QED) is 0.310. The SMILES string of the molecule is CCOC(=O)C(=O)N1CCN(C(=O)CCC(=O)N(CC(C)(C)C)c2c(OC)cc(Cl)cc2[C@H](O)c2ccccc2OC)CC1. The summed E-state index contributed by atoms with van der Waals surface area (Å²) in [6, 6.07) is 10.2. The Morgan fingerprint density at radius 2 is 1.55 bits per heavy atom. The standard InChI is InChI=1S/C32H42ClN3O8/c1-7-44-31(41)30(40)35-16-14-34(15-17-35)26(37)12-13-27(38)36(20-32(2,3)4)28-23(18-21(33)19-25(28)43-6)29(39)22-10-8-9-11-24(22)42-5/h8-11,18-19,29,39H,7,12-17,20H2,1-6H3/t29-/m1/s1. The largest absolute Gasteiger partial charge is 0.496 e. The number of carbonyl (C=O) groups is 4. The predicted octanol–water partition coefficient (Wildman–Crippen LogP) is 3.83. The van der Waals surface area contributed by atoms with Gasteiger partial charge in [0.15, 0.2) is 0 Å². The van der Waals surface area contributed by atoms with E-state index < -0.39 is 18.0 Å². The number of para-hydroxylation sites is 1. The van der Waals surface area contributed by atoms with Crippen molar-refractivity contribution in [3.63, 3.8) is 0 Å². The number of benzene rings is 2. The van der Waals surface area contributed by atoms with Crippen molar-refractivity contribution in [1.29, 1.82) is 0 Å². The zero-order chi connectivity index (χ0) is 32.6. The molecule has 1 aliphatic rings. The molecular formula is C32H42ClN3O8. The summed E-state index contributed by atoms with van der Waals surface area (Å²) >= 11 is 6.45. The van der Waals surface area contributed by atoms with Crippen molar-refractivity contribution in [3.05, 3.63) is 52.5 Å². The normalized spacial score (nSPS) is 14.1. The average molecular weight is 632 g/mol. The summed E-state index contributed by atoms with van der Waals surface area (Å²) in [5.41, 5.74) is 0.831. The molecule has 0 bridgehead atoms. The summed E-state index contributed by atoms with van der Waals surface area (Å²) in [4.78, 5) is 55.6. The molecule has 1 fully saturated rings. The Labute approximate surface area is 263 Å². The zero-order valence-electron chi connectivity index (χ0n) is 26.2. The summed E-state index contributed by atoms with van der Waals surface area (Å²) in [5, 5.41) is 11.9. The van der Waals surface area contributed by atoms with Crippen LogP contribution in [0.4, 0.5) is 5.69 Å². The highest BCUT2D eigenvalue weighted by Gasteiger charge is 2.33. The number of hydrogen-bond acceptors (Lipinski definition) is 8. The van der Waals surface area contributed by atoms with Crippen LogP contribution in [0.25, 0.3) is 0 Å². The number of nitrogens with zero attached hydrogens (tertiary/aromatic N) is 3. The van der Waals surface area contributed by atoms with Crippen molar-refractivity contribution in [2.75, 3.05) is 58.5 Å². The Kier molecular flexibility index (Phi) is 12.0.